The smallest absolute Gasteiger partial charge is 0.494 e. The second kappa shape index (κ2) is 14.1. The molecule has 0 heterocycles. The van der Waals surface area contributed by atoms with Gasteiger partial charge in [-0.2, -0.15) is 0 Å². The molecule has 0 radical (unpaired) electrons. The van der Waals surface area contributed by atoms with Gasteiger partial charge in [-0.3, -0.25) is 0 Å². The van der Waals surface area contributed by atoms with Gasteiger partial charge in [0.15, 0.2) is 0 Å². The molecule has 0 bridgehead atoms. The summed E-state index contributed by atoms with van der Waals surface area (Å²) in [6.45, 7) is 5.44. The third kappa shape index (κ3) is 8.57. The molecule has 0 aliphatic heterocycles. The predicted molar refractivity (Wildman–Crippen MR) is 140 cm³/mol. The minimum absolute atomic E-state index is 0.194. The molecule has 0 saturated heterocycles. The molecule has 2 aromatic carbocycles. The highest BCUT2D eigenvalue weighted by Crippen LogP contribution is 2.39. The van der Waals surface area contributed by atoms with Crippen molar-refractivity contribution in [2.24, 2.45) is 0 Å². The molecule has 0 amide bonds. The van der Waals surface area contributed by atoms with E-state index in [-0.39, 0.29) is 6.10 Å². The minimum atomic E-state index is -0.890. The van der Waals surface area contributed by atoms with Crippen LogP contribution in [0.3, 0.4) is 0 Å². The molecular weight excluding hydrogens is 440 g/mol. The summed E-state index contributed by atoms with van der Waals surface area (Å²) in [7, 11) is 0. The van der Waals surface area contributed by atoms with Crippen LogP contribution >= 0.6 is 0 Å². The molecule has 0 aromatic heterocycles. The van der Waals surface area contributed by atoms with Gasteiger partial charge in [0.05, 0.1) is 18.8 Å². The predicted octanol–water partition coefficient (Wildman–Crippen LogP) is 7.79. The van der Waals surface area contributed by atoms with Gasteiger partial charge >= 0.3 is 6.16 Å². The average molecular weight is 483 g/mol. The molecule has 1 aliphatic carbocycles. The van der Waals surface area contributed by atoms with Gasteiger partial charge in [0, 0.05) is 0 Å². The van der Waals surface area contributed by atoms with Crippen molar-refractivity contribution in [1.82, 2.24) is 0 Å². The van der Waals surface area contributed by atoms with Crippen LogP contribution in [0.1, 0.15) is 90.0 Å². The van der Waals surface area contributed by atoms with Crippen LogP contribution in [0.5, 0.6) is 5.75 Å². The Morgan fingerprint density at radius 2 is 1.43 bits per heavy atom. The molecule has 35 heavy (non-hydrogen) atoms. The number of aliphatic hydroxyl groups is 1. The van der Waals surface area contributed by atoms with Crippen LogP contribution in [0.15, 0.2) is 48.5 Å². The highest BCUT2D eigenvalue weighted by molar-refractivity contribution is 5.64. The molecule has 1 N–H and O–H groups in total. The Kier molecular flexibility index (Phi) is 10.9. The zero-order chi connectivity index (χ0) is 24.9. The molecule has 0 spiro atoms. The number of unbranched alkanes of at least 4 members (excludes halogenated alkanes) is 5. The number of rotatable bonds is 13. The lowest BCUT2D eigenvalue weighted by Crippen LogP contribution is -2.35. The zero-order valence-electron chi connectivity index (χ0n) is 21.5. The summed E-state index contributed by atoms with van der Waals surface area (Å²) < 4.78 is 16.4. The summed E-state index contributed by atoms with van der Waals surface area (Å²) in [6, 6.07) is 16.4. The van der Waals surface area contributed by atoms with Gasteiger partial charge in [-0.05, 0) is 67.3 Å². The van der Waals surface area contributed by atoms with Crippen molar-refractivity contribution in [3.05, 3.63) is 54.1 Å². The van der Waals surface area contributed by atoms with E-state index in [4.69, 9.17) is 14.2 Å². The van der Waals surface area contributed by atoms with Crippen LogP contribution in [-0.4, -0.2) is 30.6 Å². The van der Waals surface area contributed by atoms with Crippen molar-refractivity contribution in [1.29, 1.82) is 0 Å². The van der Waals surface area contributed by atoms with Crippen molar-refractivity contribution in [2.45, 2.75) is 96.2 Å². The summed E-state index contributed by atoms with van der Waals surface area (Å²) in [5.41, 5.74) is 2.25. The van der Waals surface area contributed by atoms with E-state index >= 15 is 0 Å². The highest BCUT2D eigenvalue weighted by Gasteiger charge is 2.36. The summed E-state index contributed by atoms with van der Waals surface area (Å²) in [4.78, 5) is 11.8. The van der Waals surface area contributed by atoms with E-state index in [2.05, 4.69) is 31.2 Å². The van der Waals surface area contributed by atoms with E-state index < -0.39 is 11.8 Å². The third-order valence-electron chi connectivity index (χ3n) is 6.87. The maximum Gasteiger partial charge on any atom is 0.508 e. The van der Waals surface area contributed by atoms with Crippen molar-refractivity contribution < 1.29 is 24.1 Å². The molecule has 0 atom stereocenters. The van der Waals surface area contributed by atoms with Crippen LogP contribution < -0.4 is 4.74 Å². The fourth-order valence-electron chi connectivity index (χ4n) is 4.56. The molecule has 0 unspecified atom stereocenters. The van der Waals surface area contributed by atoms with Gasteiger partial charge in [-0.25, -0.2) is 4.79 Å². The van der Waals surface area contributed by atoms with Crippen molar-refractivity contribution in [2.75, 3.05) is 13.2 Å². The Balaban J connectivity index is 1.46. The SMILES string of the molecule is CCCCCCCOc1ccc(-c2ccc(C3(O)CCC(OC(=O)OCCCC)CC3)cc2)cc1. The van der Waals surface area contributed by atoms with Crippen molar-refractivity contribution >= 4 is 6.16 Å². The van der Waals surface area contributed by atoms with Gasteiger partial charge in [-0.15, -0.1) is 0 Å². The van der Waals surface area contributed by atoms with E-state index in [1.807, 2.05) is 31.2 Å². The Labute approximate surface area is 210 Å². The first kappa shape index (κ1) is 27.1. The largest absolute Gasteiger partial charge is 0.508 e. The molecule has 5 heteroatoms. The Bertz CT molecular complexity index is 867. The zero-order valence-corrected chi connectivity index (χ0v) is 21.5. The summed E-state index contributed by atoms with van der Waals surface area (Å²) in [5.74, 6) is 0.906. The summed E-state index contributed by atoms with van der Waals surface area (Å²) >= 11 is 0. The first-order valence-electron chi connectivity index (χ1n) is 13.4. The molecule has 192 valence electrons. The van der Waals surface area contributed by atoms with Gasteiger partial charge in [0.1, 0.15) is 11.9 Å². The monoisotopic (exact) mass is 482 g/mol. The van der Waals surface area contributed by atoms with Gasteiger partial charge in [0.2, 0.25) is 0 Å². The molecule has 2 aromatic rings. The topological polar surface area (TPSA) is 65.0 Å². The second-order valence-corrected chi connectivity index (χ2v) is 9.67. The number of benzene rings is 2. The van der Waals surface area contributed by atoms with E-state index in [9.17, 15) is 9.90 Å². The van der Waals surface area contributed by atoms with Crippen LogP contribution in [0.4, 0.5) is 4.79 Å². The minimum Gasteiger partial charge on any atom is -0.494 e. The Hall–Kier alpha value is -2.53. The molecule has 1 fully saturated rings. The second-order valence-electron chi connectivity index (χ2n) is 9.67. The maximum atomic E-state index is 11.8. The first-order valence-corrected chi connectivity index (χ1v) is 13.4. The summed E-state index contributed by atoms with van der Waals surface area (Å²) in [6.07, 6.45) is 9.56. The van der Waals surface area contributed by atoms with Gasteiger partial charge in [-0.1, -0.05) is 82.3 Å². The molecule has 5 nitrogen and oxygen atoms in total. The van der Waals surface area contributed by atoms with Gasteiger partial charge in [0.25, 0.3) is 0 Å². The van der Waals surface area contributed by atoms with Crippen LogP contribution in [-0.2, 0) is 15.1 Å². The van der Waals surface area contributed by atoms with E-state index in [0.29, 0.717) is 32.3 Å². The number of carbonyl (C=O) groups excluding carboxylic acids is 1. The fraction of sp³-hybridized carbons (Fsp3) is 0.567. The fourth-order valence-corrected chi connectivity index (χ4v) is 4.56. The standard InChI is InChI=1S/C30H42O5/c1-3-5-7-8-9-23-33-27-16-12-25(13-17-27)24-10-14-26(15-11-24)30(32)20-18-28(19-21-30)35-29(31)34-22-6-4-2/h10-17,28,32H,3-9,18-23H2,1-2H3. The van der Waals surface area contributed by atoms with Crippen LogP contribution in [0.2, 0.25) is 0 Å². The third-order valence-corrected chi connectivity index (χ3v) is 6.87. The number of hydrogen-bond donors (Lipinski definition) is 1. The van der Waals surface area contributed by atoms with Crippen molar-refractivity contribution in [3.8, 4) is 16.9 Å². The number of carbonyl (C=O) groups is 1. The first-order chi connectivity index (χ1) is 17.0. The van der Waals surface area contributed by atoms with Crippen molar-refractivity contribution in [3.63, 3.8) is 0 Å². The van der Waals surface area contributed by atoms with E-state index in [1.54, 1.807) is 0 Å². The van der Waals surface area contributed by atoms with Crippen LogP contribution in [0, 0.1) is 0 Å². The number of hydrogen-bond acceptors (Lipinski definition) is 5. The van der Waals surface area contributed by atoms with Crippen LogP contribution in [0.25, 0.3) is 11.1 Å². The Morgan fingerprint density at radius 1 is 0.829 bits per heavy atom. The lowest BCUT2D eigenvalue weighted by molar-refractivity contribution is -0.0537. The highest BCUT2D eigenvalue weighted by atomic mass is 16.7. The molecule has 1 aliphatic rings. The molecular formula is C30H42O5. The van der Waals surface area contributed by atoms with E-state index in [1.165, 1.54) is 25.7 Å². The Morgan fingerprint density at radius 3 is 2.06 bits per heavy atom. The normalized spacial score (nSPS) is 19.8. The average Bonchev–Trinajstić information content (AvgIpc) is 2.88. The lowest BCUT2D eigenvalue weighted by Gasteiger charge is -2.36. The number of ether oxygens (including phenoxy) is 3. The molecule has 3 rings (SSSR count). The quantitative estimate of drug-likeness (QED) is 0.233. The summed E-state index contributed by atoms with van der Waals surface area (Å²) in [5, 5.41) is 11.2. The molecule has 1 saturated carbocycles. The van der Waals surface area contributed by atoms with E-state index in [0.717, 1.165) is 48.3 Å². The van der Waals surface area contributed by atoms with Gasteiger partial charge < -0.3 is 19.3 Å². The maximum absolute atomic E-state index is 11.8. The lowest BCUT2D eigenvalue weighted by atomic mass is 9.78.